The molecule has 0 radical (unpaired) electrons. The van der Waals surface area contributed by atoms with Crippen LogP contribution in [-0.4, -0.2) is 28.7 Å². The highest BCUT2D eigenvalue weighted by Crippen LogP contribution is 2.32. The first-order chi connectivity index (χ1) is 14.2. The van der Waals surface area contributed by atoms with Crippen molar-refractivity contribution in [2.75, 3.05) is 0 Å². The number of aromatic amines is 1. The quantitative estimate of drug-likeness (QED) is 0.538. The van der Waals surface area contributed by atoms with Crippen molar-refractivity contribution in [3.8, 4) is 0 Å². The third-order valence-electron chi connectivity index (χ3n) is 5.05. The Kier molecular flexibility index (Phi) is 4.75. The molecule has 0 fully saturated rings. The van der Waals surface area contributed by atoms with Gasteiger partial charge in [0, 0.05) is 13.6 Å². The fourth-order valence-electron chi connectivity index (χ4n) is 3.55. The zero-order chi connectivity index (χ0) is 21.6. The lowest BCUT2D eigenvalue weighted by Gasteiger charge is -2.11. The summed E-state index contributed by atoms with van der Waals surface area (Å²) in [7, 11) is 1.54. The number of imidazole rings is 2. The molecule has 0 spiro atoms. The average Bonchev–Trinajstić information content (AvgIpc) is 3.21. The van der Waals surface area contributed by atoms with Crippen LogP contribution in [0, 0.1) is 0 Å². The molecule has 0 aliphatic carbocycles. The predicted molar refractivity (Wildman–Crippen MR) is 104 cm³/mol. The summed E-state index contributed by atoms with van der Waals surface area (Å²) in [6.07, 6.45) is -3.15. The van der Waals surface area contributed by atoms with Crippen LogP contribution in [0.3, 0.4) is 0 Å². The highest BCUT2D eigenvalue weighted by molar-refractivity contribution is 5.76. The molecule has 30 heavy (non-hydrogen) atoms. The van der Waals surface area contributed by atoms with Crippen LogP contribution in [0.15, 0.2) is 33.9 Å². The van der Waals surface area contributed by atoms with Gasteiger partial charge >= 0.3 is 11.9 Å². The van der Waals surface area contributed by atoms with Gasteiger partial charge < -0.3 is 9.13 Å². The first-order valence-corrected chi connectivity index (χ1v) is 9.43. The van der Waals surface area contributed by atoms with E-state index >= 15 is 0 Å². The van der Waals surface area contributed by atoms with Gasteiger partial charge in [-0.3, -0.25) is 14.3 Å². The van der Waals surface area contributed by atoms with Crippen molar-refractivity contribution in [3.05, 3.63) is 56.8 Å². The maximum Gasteiger partial charge on any atom is 0.449 e. The van der Waals surface area contributed by atoms with Crippen molar-refractivity contribution in [3.63, 3.8) is 0 Å². The van der Waals surface area contributed by atoms with E-state index in [1.54, 1.807) is 25.2 Å². The Bertz CT molecular complexity index is 1360. The van der Waals surface area contributed by atoms with E-state index in [1.807, 2.05) is 6.92 Å². The van der Waals surface area contributed by atoms with Gasteiger partial charge in [0.2, 0.25) is 5.82 Å². The molecule has 1 N–H and O–H groups in total. The van der Waals surface area contributed by atoms with Crippen molar-refractivity contribution in [1.29, 1.82) is 0 Å². The number of fused-ring (bicyclic) bond motifs is 2. The Balaban J connectivity index is 1.92. The summed E-state index contributed by atoms with van der Waals surface area (Å²) in [6, 6.07) is 6.29. The van der Waals surface area contributed by atoms with E-state index in [9.17, 15) is 22.8 Å². The summed E-state index contributed by atoms with van der Waals surface area (Å²) >= 11 is 0. The van der Waals surface area contributed by atoms with Gasteiger partial charge in [-0.1, -0.05) is 25.5 Å². The minimum atomic E-state index is -4.66. The van der Waals surface area contributed by atoms with E-state index in [4.69, 9.17) is 0 Å². The molecule has 158 valence electrons. The number of para-hydroxylation sites is 2. The maximum atomic E-state index is 13.6. The highest BCUT2D eigenvalue weighted by atomic mass is 19.4. The summed E-state index contributed by atoms with van der Waals surface area (Å²) in [5.74, 6) is -0.840. The first-order valence-electron chi connectivity index (χ1n) is 9.43. The molecule has 0 aliphatic rings. The largest absolute Gasteiger partial charge is 0.449 e. The molecule has 4 rings (SSSR count). The van der Waals surface area contributed by atoms with Crippen LogP contribution in [0.1, 0.15) is 31.4 Å². The number of nitrogens with one attached hydrogen (secondary N) is 1. The minimum absolute atomic E-state index is 0.138. The molecule has 4 aromatic rings. The van der Waals surface area contributed by atoms with Crippen LogP contribution >= 0.6 is 0 Å². The number of hydrogen-bond donors (Lipinski definition) is 1. The van der Waals surface area contributed by atoms with Gasteiger partial charge in [-0.2, -0.15) is 13.2 Å². The molecular formula is C19H19F3N6O2. The smallest absolute Gasteiger partial charge is 0.324 e. The van der Waals surface area contributed by atoms with Gasteiger partial charge in [-0.25, -0.2) is 14.8 Å². The summed E-state index contributed by atoms with van der Waals surface area (Å²) < 4.78 is 44.6. The number of benzene rings is 1. The molecule has 0 amide bonds. The summed E-state index contributed by atoms with van der Waals surface area (Å²) in [5, 5.41) is 0. The van der Waals surface area contributed by atoms with Crippen LogP contribution in [0.25, 0.3) is 22.2 Å². The third kappa shape index (κ3) is 3.19. The predicted octanol–water partition coefficient (Wildman–Crippen LogP) is 2.64. The average molecular weight is 420 g/mol. The monoisotopic (exact) mass is 420 g/mol. The molecule has 1 aromatic carbocycles. The van der Waals surface area contributed by atoms with Crippen LogP contribution < -0.4 is 11.2 Å². The molecular weight excluding hydrogens is 401 g/mol. The second kappa shape index (κ2) is 7.15. The maximum absolute atomic E-state index is 13.6. The second-order valence-electron chi connectivity index (χ2n) is 7.03. The van der Waals surface area contributed by atoms with Crippen LogP contribution in [-0.2, 0) is 26.3 Å². The van der Waals surface area contributed by atoms with E-state index < -0.39 is 23.2 Å². The lowest BCUT2D eigenvalue weighted by Crippen LogP contribution is -2.31. The van der Waals surface area contributed by atoms with Crippen molar-refractivity contribution >= 4 is 22.2 Å². The molecule has 3 aromatic heterocycles. The zero-order valence-electron chi connectivity index (χ0n) is 16.3. The Morgan fingerprint density at radius 2 is 1.83 bits per heavy atom. The number of H-pyrrole nitrogens is 1. The molecule has 0 aliphatic heterocycles. The standard InChI is InChI=1S/C19H19F3N6O2/c1-3-4-9-27-15-14(16(29)25-18(27)30)26(2)13(24-15)10-28-12-8-6-5-7-11(12)23-17(28)19(20,21)22/h5-8H,3-4,9-10H2,1-2H3,(H,25,29,30). The van der Waals surface area contributed by atoms with E-state index in [2.05, 4.69) is 15.0 Å². The van der Waals surface area contributed by atoms with E-state index in [0.29, 0.717) is 18.5 Å². The Labute approximate surface area is 167 Å². The Hall–Kier alpha value is -3.37. The van der Waals surface area contributed by atoms with E-state index in [1.165, 1.54) is 15.2 Å². The Morgan fingerprint density at radius 3 is 2.53 bits per heavy atom. The molecule has 0 unspecified atom stereocenters. The molecule has 0 atom stereocenters. The number of alkyl halides is 3. The van der Waals surface area contributed by atoms with E-state index in [-0.39, 0.29) is 29.0 Å². The molecule has 0 saturated heterocycles. The molecule has 0 bridgehead atoms. The number of halogens is 3. The number of unbranched alkanes of at least 4 members (excludes halogenated alkanes) is 1. The molecule has 0 saturated carbocycles. The van der Waals surface area contributed by atoms with Crippen molar-refractivity contribution in [1.82, 2.24) is 28.7 Å². The minimum Gasteiger partial charge on any atom is -0.324 e. The number of aryl methyl sites for hydroxylation is 2. The number of aromatic nitrogens is 6. The van der Waals surface area contributed by atoms with Crippen LogP contribution in [0.2, 0.25) is 0 Å². The number of rotatable bonds is 5. The first kappa shape index (κ1) is 19.9. The summed E-state index contributed by atoms with van der Waals surface area (Å²) in [5.41, 5.74) is -0.410. The molecule has 11 heteroatoms. The van der Waals surface area contributed by atoms with Gasteiger partial charge in [0.15, 0.2) is 11.2 Å². The SMILES string of the molecule is CCCCn1c(=O)[nH]c(=O)c2c1nc(Cn1c(C(F)(F)F)nc3ccccc31)n2C. The van der Waals surface area contributed by atoms with Crippen molar-refractivity contribution in [2.45, 2.75) is 39.0 Å². The fourth-order valence-corrected chi connectivity index (χ4v) is 3.55. The topological polar surface area (TPSA) is 90.5 Å². The highest BCUT2D eigenvalue weighted by Gasteiger charge is 2.38. The number of nitrogens with zero attached hydrogens (tertiary/aromatic N) is 5. The van der Waals surface area contributed by atoms with Gasteiger partial charge in [0.1, 0.15) is 5.82 Å². The van der Waals surface area contributed by atoms with Crippen molar-refractivity contribution < 1.29 is 13.2 Å². The normalized spacial score (nSPS) is 12.3. The summed E-state index contributed by atoms with van der Waals surface area (Å²) in [4.78, 5) is 35.0. The zero-order valence-corrected chi connectivity index (χ0v) is 16.3. The molecule has 3 heterocycles. The fraction of sp³-hybridized carbons (Fsp3) is 0.368. The van der Waals surface area contributed by atoms with Gasteiger partial charge in [0.25, 0.3) is 5.56 Å². The van der Waals surface area contributed by atoms with Gasteiger partial charge in [-0.05, 0) is 18.6 Å². The lowest BCUT2D eigenvalue weighted by molar-refractivity contribution is -0.146. The third-order valence-corrected chi connectivity index (χ3v) is 5.05. The lowest BCUT2D eigenvalue weighted by atomic mass is 10.3. The Morgan fingerprint density at radius 1 is 1.10 bits per heavy atom. The number of hydrogen-bond acceptors (Lipinski definition) is 4. The van der Waals surface area contributed by atoms with Gasteiger partial charge in [-0.15, -0.1) is 0 Å². The van der Waals surface area contributed by atoms with Crippen LogP contribution in [0.4, 0.5) is 13.2 Å². The van der Waals surface area contributed by atoms with E-state index in [0.717, 1.165) is 11.0 Å². The van der Waals surface area contributed by atoms with Gasteiger partial charge in [0.05, 0.1) is 17.6 Å². The second-order valence-corrected chi connectivity index (χ2v) is 7.03. The summed E-state index contributed by atoms with van der Waals surface area (Å²) in [6.45, 7) is 2.05. The molecule has 8 nitrogen and oxygen atoms in total. The van der Waals surface area contributed by atoms with Crippen LogP contribution in [0.5, 0.6) is 0 Å². The van der Waals surface area contributed by atoms with Crippen molar-refractivity contribution in [2.24, 2.45) is 7.05 Å².